The van der Waals surface area contributed by atoms with E-state index in [0.29, 0.717) is 10.6 Å². The molecule has 1 aromatic heterocycles. The molecule has 0 saturated carbocycles. The highest BCUT2D eigenvalue weighted by Gasteiger charge is 2.15. The average molecular weight is 256 g/mol. The molecule has 2 N–H and O–H groups in total. The van der Waals surface area contributed by atoms with Crippen molar-refractivity contribution in [1.29, 1.82) is 0 Å². The maximum absolute atomic E-state index is 11.6. The summed E-state index contributed by atoms with van der Waals surface area (Å²) < 4.78 is 4.62. The van der Waals surface area contributed by atoms with Crippen LogP contribution in [0, 0.1) is 0 Å². The molecule has 1 heterocycles. The van der Waals surface area contributed by atoms with Gasteiger partial charge in [-0.05, 0) is 11.4 Å². The van der Waals surface area contributed by atoms with E-state index in [4.69, 9.17) is 0 Å². The first-order valence-electron chi connectivity index (χ1n) is 5.23. The minimum Gasteiger partial charge on any atom is -0.465 e. The number of methoxy groups -OCH3 is 1. The van der Waals surface area contributed by atoms with E-state index in [1.807, 2.05) is 13.8 Å². The lowest BCUT2D eigenvalue weighted by molar-refractivity contribution is -0.115. The van der Waals surface area contributed by atoms with E-state index in [2.05, 4.69) is 15.4 Å². The van der Waals surface area contributed by atoms with Crippen LogP contribution >= 0.6 is 11.3 Å². The monoisotopic (exact) mass is 256 g/mol. The van der Waals surface area contributed by atoms with Crippen molar-refractivity contribution >= 4 is 28.9 Å². The topological polar surface area (TPSA) is 67.4 Å². The number of nitrogens with one attached hydrogen (secondary N) is 2. The first-order chi connectivity index (χ1) is 8.04. The highest BCUT2D eigenvalue weighted by molar-refractivity contribution is 7.12. The molecular formula is C11H16N2O3S. The number of hydrogen-bond acceptors (Lipinski definition) is 5. The summed E-state index contributed by atoms with van der Waals surface area (Å²) in [5.74, 6) is -0.616. The van der Waals surface area contributed by atoms with Gasteiger partial charge < -0.3 is 15.4 Å². The average Bonchev–Trinajstić information content (AvgIpc) is 2.73. The van der Waals surface area contributed by atoms with E-state index in [0.717, 1.165) is 0 Å². The summed E-state index contributed by atoms with van der Waals surface area (Å²) in [5.41, 5.74) is 0.498. The van der Waals surface area contributed by atoms with Gasteiger partial charge in [-0.25, -0.2) is 4.79 Å². The van der Waals surface area contributed by atoms with Gasteiger partial charge >= 0.3 is 5.97 Å². The number of carbonyl (C=O) groups is 2. The molecule has 0 atom stereocenters. The van der Waals surface area contributed by atoms with Crippen LogP contribution in [0.25, 0.3) is 0 Å². The molecule has 1 aromatic rings. The number of hydrogen-bond donors (Lipinski definition) is 2. The summed E-state index contributed by atoms with van der Waals surface area (Å²) in [6.45, 7) is 4.13. The van der Waals surface area contributed by atoms with Crippen LogP contribution in [-0.2, 0) is 9.53 Å². The molecule has 0 aromatic carbocycles. The highest BCUT2D eigenvalue weighted by Crippen LogP contribution is 2.22. The molecule has 6 heteroatoms. The van der Waals surface area contributed by atoms with Gasteiger partial charge in [-0.15, -0.1) is 11.3 Å². The Morgan fingerprint density at radius 3 is 2.76 bits per heavy atom. The second-order valence-corrected chi connectivity index (χ2v) is 4.65. The van der Waals surface area contributed by atoms with E-state index in [1.54, 1.807) is 11.4 Å². The maximum Gasteiger partial charge on any atom is 0.350 e. The van der Waals surface area contributed by atoms with Crippen LogP contribution in [0.5, 0.6) is 0 Å². The molecule has 0 aliphatic rings. The van der Waals surface area contributed by atoms with Gasteiger partial charge in [0.25, 0.3) is 0 Å². The third-order valence-corrected chi connectivity index (χ3v) is 2.88. The molecule has 94 valence electrons. The number of esters is 1. The standard InChI is InChI=1S/C11H16N2O3S/c1-7(2)12-6-9(14)13-8-4-5-17-10(8)11(15)16-3/h4-5,7,12H,6H2,1-3H3,(H,13,14). The summed E-state index contributed by atoms with van der Waals surface area (Å²) in [5, 5.41) is 7.40. The second-order valence-electron chi connectivity index (χ2n) is 3.74. The van der Waals surface area contributed by atoms with Gasteiger partial charge in [0.05, 0.1) is 19.3 Å². The normalized spacial score (nSPS) is 10.4. The predicted molar refractivity (Wildman–Crippen MR) is 67.4 cm³/mol. The van der Waals surface area contributed by atoms with Crippen molar-refractivity contribution in [3.63, 3.8) is 0 Å². The molecule has 0 spiro atoms. The number of ether oxygens (including phenoxy) is 1. The molecule has 0 radical (unpaired) electrons. The quantitative estimate of drug-likeness (QED) is 0.783. The number of amides is 1. The van der Waals surface area contributed by atoms with Crippen molar-refractivity contribution in [2.45, 2.75) is 19.9 Å². The van der Waals surface area contributed by atoms with Crippen LogP contribution in [0.1, 0.15) is 23.5 Å². The van der Waals surface area contributed by atoms with Crippen molar-refractivity contribution < 1.29 is 14.3 Å². The zero-order valence-electron chi connectivity index (χ0n) is 10.1. The van der Waals surface area contributed by atoms with Crippen LogP contribution in [0.2, 0.25) is 0 Å². The van der Waals surface area contributed by atoms with Crippen LogP contribution in [0.15, 0.2) is 11.4 Å². The van der Waals surface area contributed by atoms with Crippen LogP contribution in [0.3, 0.4) is 0 Å². The van der Waals surface area contributed by atoms with Crippen molar-refractivity contribution in [2.24, 2.45) is 0 Å². The van der Waals surface area contributed by atoms with Crippen molar-refractivity contribution in [3.05, 3.63) is 16.3 Å². The van der Waals surface area contributed by atoms with Gasteiger partial charge in [0.1, 0.15) is 4.88 Å². The van der Waals surface area contributed by atoms with Crippen LogP contribution in [0.4, 0.5) is 5.69 Å². The van der Waals surface area contributed by atoms with Crippen LogP contribution < -0.4 is 10.6 Å². The summed E-state index contributed by atoms with van der Waals surface area (Å²) in [4.78, 5) is 23.3. The number of rotatable bonds is 5. The minimum atomic E-state index is -0.438. The first kappa shape index (κ1) is 13.7. The Labute approximate surface area is 104 Å². The SMILES string of the molecule is COC(=O)c1sccc1NC(=O)CNC(C)C. The number of thiophene rings is 1. The molecule has 1 rings (SSSR count). The van der Waals surface area contributed by atoms with E-state index in [9.17, 15) is 9.59 Å². The Hall–Kier alpha value is -1.40. The third-order valence-electron chi connectivity index (χ3n) is 1.98. The van der Waals surface area contributed by atoms with Gasteiger partial charge in [-0.3, -0.25) is 4.79 Å². The lowest BCUT2D eigenvalue weighted by Crippen LogP contribution is -2.32. The van der Waals surface area contributed by atoms with Crippen molar-refractivity contribution in [3.8, 4) is 0 Å². The van der Waals surface area contributed by atoms with E-state index >= 15 is 0 Å². The van der Waals surface area contributed by atoms with E-state index < -0.39 is 5.97 Å². The molecule has 0 aliphatic carbocycles. The van der Waals surface area contributed by atoms with Crippen molar-refractivity contribution in [2.75, 3.05) is 19.0 Å². The minimum absolute atomic E-state index is 0.178. The molecule has 0 unspecified atom stereocenters. The zero-order chi connectivity index (χ0) is 12.8. The summed E-state index contributed by atoms with van der Waals surface area (Å²) >= 11 is 1.24. The molecule has 0 aliphatic heterocycles. The van der Waals surface area contributed by atoms with Gasteiger partial charge in [0.2, 0.25) is 5.91 Å². The fourth-order valence-corrected chi connectivity index (χ4v) is 1.92. The molecule has 0 fully saturated rings. The number of carbonyl (C=O) groups excluding carboxylic acids is 2. The lowest BCUT2D eigenvalue weighted by Gasteiger charge is -2.08. The van der Waals surface area contributed by atoms with E-state index in [-0.39, 0.29) is 18.5 Å². The molecule has 17 heavy (non-hydrogen) atoms. The molecule has 0 saturated heterocycles. The summed E-state index contributed by atoms with van der Waals surface area (Å²) in [7, 11) is 1.31. The summed E-state index contributed by atoms with van der Waals surface area (Å²) in [6, 6.07) is 1.92. The predicted octanol–water partition coefficient (Wildman–Crippen LogP) is 1.47. The molecule has 1 amide bonds. The van der Waals surface area contributed by atoms with E-state index in [1.165, 1.54) is 18.4 Å². The fraction of sp³-hybridized carbons (Fsp3) is 0.455. The van der Waals surface area contributed by atoms with Crippen molar-refractivity contribution in [1.82, 2.24) is 5.32 Å². The molecule has 0 bridgehead atoms. The highest BCUT2D eigenvalue weighted by atomic mass is 32.1. The molecule has 5 nitrogen and oxygen atoms in total. The Morgan fingerprint density at radius 1 is 1.47 bits per heavy atom. The smallest absolute Gasteiger partial charge is 0.350 e. The van der Waals surface area contributed by atoms with Gasteiger partial charge in [0, 0.05) is 6.04 Å². The Morgan fingerprint density at radius 2 is 2.18 bits per heavy atom. The summed E-state index contributed by atoms with van der Waals surface area (Å²) in [6.07, 6.45) is 0. The third kappa shape index (κ3) is 4.16. The number of anilines is 1. The zero-order valence-corrected chi connectivity index (χ0v) is 10.9. The molecular weight excluding hydrogens is 240 g/mol. The Bertz CT molecular complexity index is 401. The lowest BCUT2D eigenvalue weighted by atomic mass is 10.3. The van der Waals surface area contributed by atoms with Gasteiger partial charge in [-0.1, -0.05) is 13.8 Å². The largest absolute Gasteiger partial charge is 0.465 e. The van der Waals surface area contributed by atoms with Crippen LogP contribution in [-0.4, -0.2) is 31.6 Å². The maximum atomic E-state index is 11.6. The Kier molecular flexibility index (Phi) is 5.11. The van der Waals surface area contributed by atoms with Gasteiger partial charge in [0.15, 0.2) is 0 Å². The fourth-order valence-electron chi connectivity index (χ4n) is 1.15. The second kappa shape index (κ2) is 6.36. The van der Waals surface area contributed by atoms with Gasteiger partial charge in [-0.2, -0.15) is 0 Å². The first-order valence-corrected chi connectivity index (χ1v) is 6.11. The Balaban J connectivity index is 2.59.